The number of hydrogen-bond donors (Lipinski definition) is 4. The third kappa shape index (κ3) is 1.70. The van der Waals surface area contributed by atoms with Crippen LogP contribution in [-0.2, 0) is 0 Å². The predicted molar refractivity (Wildman–Crippen MR) is 69.3 cm³/mol. The highest BCUT2D eigenvalue weighted by Gasteiger charge is 2.58. The number of nitrogens with one attached hydrogen (secondary N) is 1. The summed E-state index contributed by atoms with van der Waals surface area (Å²) in [4.78, 5) is 25.7. The van der Waals surface area contributed by atoms with Crippen LogP contribution in [0.3, 0.4) is 0 Å². The lowest BCUT2D eigenvalue weighted by Crippen LogP contribution is -2.47. The summed E-state index contributed by atoms with van der Waals surface area (Å²) in [6.45, 7) is 1.43. The van der Waals surface area contributed by atoms with Gasteiger partial charge in [0.05, 0.1) is 12.2 Å². The van der Waals surface area contributed by atoms with Crippen molar-refractivity contribution in [1.82, 2.24) is 9.55 Å². The van der Waals surface area contributed by atoms with Crippen LogP contribution in [0.5, 0.6) is 0 Å². The van der Waals surface area contributed by atoms with E-state index < -0.39 is 29.5 Å². The first-order chi connectivity index (χ1) is 9.45. The largest absolute Gasteiger partial charge is 0.396 e. The predicted octanol–water partition coefficient (Wildman–Crippen LogP) is -1.63. The van der Waals surface area contributed by atoms with E-state index in [-0.39, 0.29) is 24.4 Å². The van der Waals surface area contributed by atoms with Gasteiger partial charge in [-0.1, -0.05) is 0 Å². The molecule has 6 atom stereocenters. The highest BCUT2D eigenvalue weighted by atomic mass is 16.3. The minimum absolute atomic E-state index is 0.166. The molecule has 2 saturated carbocycles. The fourth-order valence-electron chi connectivity index (χ4n) is 3.90. The standard InChI is InChI=1S/C13H18N2O5/c1-5-3-15(13(20)14-12(5)19)9-7-2-6(8(9)4-16)10(17)11(7)18/h3,6-11,16-18H,2,4H2,1H3,(H,14,19,20)/t6-,7+,8+,9+,10-,11+/m1/s1. The minimum Gasteiger partial charge on any atom is -0.396 e. The average Bonchev–Trinajstić information content (AvgIpc) is 2.91. The summed E-state index contributed by atoms with van der Waals surface area (Å²) in [6, 6.07) is -0.397. The van der Waals surface area contributed by atoms with E-state index in [9.17, 15) is 24.9 Å². The summed E-state index contributed by atoms with van der Waals surface area (Å²) in [5.41, 5.74) is -0.576. The van der Waals surface area contributed by atoms with Crippen LogP contribution in [0.2, 0.25) is 0 Å². The van der Waals surface area contributed by atoms with Crippen molar-refractivity contribution in [1.29, 1.82) is 0 Å². The number of aliphatic hydroxyl groups excluding tert-OH is 3. The molecule has 7 heteroatoms. The van der Waals surface area contributed by atoms with Gasteiger partial charge in [0.1, 0.15) is 0 Å². The van der Waals surface area contributed by atoms with E-state index in [1.165, 1.54) is 10.8 Å². The molecule has 110 valence electrons. The molecule has 0 amide bonds. The molecule has 0 spiro atoms. The molecule has 1 aromatic rings. The molecule has 1 aromatic heterocycles. The molecule has 2 bridgehead atoms. The molecular weight excluding hydrogens is 264 g/mol. The molecule has 0 aliphatic heterocycles. The van der Waals surface area contributed by atoms with Gasteiger partial charge in [0.2, 0.25) is 0 Å². The van der Waals surface area contributed by atoms with Crippen LogP contribution in [0.25, 0.3) is 0 Å². The first-order valence-electron chi connectivity index (χ1n) is 6.74. The molecule has 3 rings (SSSR count). The second-order valence-electron chi connectivity index (χ2n) is 5.86. The summed E-state index contributed by atoms with van der Waals surface area (Å²) in [6.07, 6.45) is 0.289. The van der Waals surface area contributed by atoms with Crippen molar-refractivity contribution in [2.24, 2.45) is 17.8 Å². The Morgan fingerprint density at radius 2 is 1.95 bits per heavy atom. The Bertz CT molecular complexity index is 634. The minimum atomic E-state index is -0.896. The number of aromatic amines is 1. The van der Waals surface area contributed by atoms with Gasteiger partial charge >= 0.3 is 5.69 Å². The maximum absolute atomic E-state index is 12.0. The molecule has 1 heterocycles. The van der Waals surface area contributed by atoms with Gasteiger partial charge in [-0.25, -0.2) is 4.79 Å². The van der Waals surface area contributed by atoms with E-state index in [4.69, 9.17) is 0 Å². The van der Waals surface area contributed by atoms with Crippen molar-refractivity contribution in [2.45, 2.75) is 31.6 Å². The van der Waals surface area contributed by atoms with Crippen LogP contribution in [0.1, 0.15) is 18.0 Å². The first-order valence-corrected chi connectivity index (χ1v) is 6.74. The Hall–Kier alpha value is -1.44. The van der Waals surface area contributed by atoms with Gasteiger partial charge in [-0.15, -0.1) is 0 Å². The average molecular weight is 282 g/mol. The van der Waals surface area contributed by atoms with Gasteiger partial charge in [-0.05, 0) is 19.3 Å². The second kappa shape index (κ2) is 4.54. The van der Waals surface area contributed by atoms with Crippen molar-refractivity contribution in [3.05, 3.63) is 32.6 Å². The van der Waals surface area contributed by atoms with E-state index in [1.54, 1.807) is 6.92 Å². The van der Waals surface area contributed by atoms with Crippen molar-refractivity contribution < 1.29 is 15.3 Å². The highest BCUT2D eigenvalue weighted by molar-refractivity contribution is 5.11. The Kier molecular flexibility index (Phi) is 3.07. The van der Waals surface area contributed by atoms with Gasteiger partial charge in [0, 0.05) is 36.2 Å². The van der Waals surface area contributed by atoms with E-state index in [1.807, 2.05) is 0 Å². The van der Waals surface area contributed by atoms with E-state index in [0.29, 0.717) is 12.0 Å². The third-order valence-electron chi connectivity index (χ3n) is 4.88. The number of fused-ring (bicyclic) bond motifs is 2. The molecule has 2 aliphatic rings. The number of aryl methyl sites for hydroxylation is 1. The van der Waals surface area contributed by atoms with E-state index in [2.05, 4.69) is 4.98 Å². The number of rotatable bonds is 2. The molecular formula is C13H18N2O5. The SMILES string of the molecule is Cc1cn([C@H]2[C@@H]3C[C@@H]([C@@H](O)[C@H]3O)[C@@H]2CO)c(=O)[nH]c1=O. The quantitative estimate of drug-likeness (QED) is 0.519. The molecule has 0 radical (unpaired) electrons. The van der Waals surface area contributed by atoms with Gasteiger partial charge in [0.25, 0.3) is 5.56 Å². The van der Waals surface area contributed by atoms with Crippen LogP contribution >= 0.6 is 0 Å². The zero-order valence-corrected chi connectivity index (χ0v) is 11.1. The van der Waals surface area contributed by atoms with Crippen molar-refractivity contribution in [3.8, 4) is 0 Å². The fraction of sp³-hybridized carbons (Fsp3) is 0.692. The molecule has 4 N–H and O–H groups in total. The normalized spacial score (nSPS) is 39.4. The fourth-order valence-corrected chi connectivity index (χ4v) is 3.90. The lowest BCUT2D eigenvalue weighted by molar-refractivity contribution is -0.0635. The van der Waals surface area contributed by atoms with Crippen molar-refractivity contribution in [3.63, 3.8) is 0 Å². The maximum Gasteiger partial charge on any atom is 0.328 e. The summed E-state index contributed by atoms with van der Waals surface area (Å²) >= 11 is 0. The van der Waals surface area contributed by atoms with Crippen LogP contribution in [0.4, 0.5) is 0 Å². The molecule has 0 saturated heterocycles. The van der Waals surface area contributed by atoms with Crippen LogP contribution in [0, 0.1) is 24.7 Å². The third-order valence-corrected chi connectivity index (χ3v) is 4.88. The van der Waals surface area contributed by atoms with Crippen molar-refractivity contribution >= 4 is 0 Å². The summed E-state index contributed by atoms with van der Waals surface area (Å²) in [5.74, 6) is -0.791. The van der Waals surface area contributed by atoms with E-state index in [0.717, 1.165) is 0 Å². The molecule has 20 heavy (non-hydrogen) atoms. The van der Waals surface area contributed by atoms with Gasteiger partial charge in [0.15, 0.2) is 0 Å². The zero-order valence-electron chi connectivity index (χ0n) is 11.1. The number of hydrogen-bond acceptors (Lipinski definition) is 5. The monoisotopic (exact) mass is 282 g/mol. The lowest BCUT2D eigenvalue weighted by Gasteiger charge is -2.36. The molecule has 7 nitrogen and oxygen atoms in total. The number of nitrogens with zero attached hydrogens (tertiary/aromatic N) is 1. The molecule has 2 fully saturated rings. The first kappa shape index (κ1) is 13.5. The highest BCUT2D eigenvalue weighted by Crippen LogP contribution is 2.54. The number of aromatic nitrogens is 2. The maximum atomic E-state index is 12.0. The molecule has 0 aromatic carbocycles. The Morgan fingerprint density at radius 3 is 2.60 bits per heavy atom. The van der Waals surface area contributed by atoms with Gasteiger partial charge in [-0.3, -0.25) is 14.3 Å². The van der Waals surface area contributed by atoms with E-state index >= 15 is 0 Å². The Balaban J connectivity index is 2.08. The number of H-pyrrole nitrogens is 1. The molecule has 0 unspecified atom stereocenters. The molecule has 2 aliphatic carbocycles. The lowest BCUT2D eigenvalue weighted by atomic mass is 9.81. The van der Waals surface area contributed by atoms with Crippen molar-refractivity contribution in [2.75, 3.05) is 6.61 Å². The van der Waals surface area contributed by atoms with Crippen LogP contribution in [0.15, 0.2) is 15.8 Å². The van der Waals surface area contributed by atoms with Gasteiger partial charge in [-0.2, -0.15) is 0 Å². The smallest absolute Gasteiger partial charge is 0.328 e. The second-order valence-corrected chi connectivity index (χ2v) is 5.86. The summed E-state index contributed by atoms with van der Waals surface area (Å²) in [5, 5.41) is 29.5. The summed E-state index contributed by atoms with van der Waals surface area (Å²) in [7, 11) is 0. The topological polar surface area (TPSA) is 116 Å². The Morgan fingerprint density at radius 1 is 1.30 bits per heavy atom. The zero-order chi connectivity index (χ0) is 14.6. The van der Waals surface area contributed by atoms with Gasteiger partial charge < -0.3 is 15.3 Å². The van der Waals surface area contributed by atoms with Crippen LogP contribution < -0.4 is 11.2 Å². The van der Waals surface area contributed by atoms with Crippen LogP contribution in [-0.4, -0.2) is 43.7 Å². The Labute approximate surface area is 114 Å². The number of aliphatic hydroxyl groups is 3. The summed E-state index contributed by atoms with van der Waals surface area (Å²) < 4.78 is 1.39.